The summed E-state index contributed by atoms with van der Waals surface area (Å²) in [6, 6.07) is 2.80. The lowest BCUT2D eigenvalue weighted by Crippen LogP contribution is -2.27. The van der Waals surface area contributed by atoms with Crippen molar-refractivity contribution in [1.29, 1.82) is 0 Å². The first kappa shape index (κ1) is 12.7. The van der Waals surface area contributed by atoms with E-state index in [0.29, 0.717) is 17.7 Å². The van der Waals surface area contributed by atoms with Crippen LogP contribution in [0.15, 0.2) is 30.7 Å². The Balaban J connectivity index is 2.43. The molecule has 4 nitrogen and oxygen atoms in total. The highest BCUT2D eigenvalue weighted by atomic mass is 19.1. The van der Waals surface area contributed by atoms with E-state index in [2.05, 4.69) is 10.1 Å². The Morgan fingerprint density at radius 1 is 1.33 bits per heavy atom. The Bertz CT molecular complexity index is 523. The summed E-state index contributed by atoms with van der Waals surface area (Å²) >= 11 is 0. The lowest BCUT2D eigenvalue weighted by Gasteiger charge is -2.24. The first-order valence-corrected chi connectivity index (χ1v) is 5.97. The number of aryl methyl sites for hydroxylation is 1. The lowest BCUT2D eigenvalue weighted by molar-refractivity contribution is 0.0717. The minimum Gasteiger partial charge on any atom is -0.379 e. The molecule has 2 aromatic heterocycles. The average Bonchev–Trinajstić information content (AvgIpc) is 2.88. The van der Waals surface area contributed by atoms with E-state index in [-0.39, 0.29) is 0 Å². The van der Waals surface area contributed by atoms with E-state index in [1.807, 2.05) is 13.8 Å². The fourth-order valence-electron chi connectivity index (χ4n) is 1.90. The molecule has 0 saturated heterocycles. The first-order valence-electron chi connectivity index (χ1n) is 5.97. The number of hydrogen-bond donors (Lipinski definition) is 1. The first-order chi connectivity index (χ1) is 8.60. The fourth-order valence-corrected chi connectivity index (χ4v) is 1.90. The van der Waals surface area contributed by atoms with Crippen LogP contribution in [0.2, 0.25) is 0 Å². The molecule has 0 aliphatic carbocycles. The standard InChI is InChI=1S/C13H16FN3O/c1-3-13(18,10-7-16-17(4-2)9-10)12-6-5-11(14)8-15-12/h5-9,18H,3-4H2,1-2H3. The van der Waals surface area contributed by atoms with Gasteiger partial charge in [-0.2, -0.15) is 5.10 Å². The summed E-state index contributed by atoms with van der Waals surface area (Å²) in [5.41, 5.74) is -0.116. The smallest absolute Gasteiger partial charge is 0.141 e. The Morgan fingerprint density at radius 3 is 2.61 bits per heavy atom. The Morgan fingerprint density at radius 2 is 2.11 bits per heavy atom. The summed E-state index contributed by atoms with van der Waals surface area (Å²) in [5.74, 6) is -0.415. The number of nitrogens with zero attached hydrogens (tertiary/aromatic N) is 3. The molecule has 0 amide bonds. The largest absolute Gasteiger partial charge is 0.379 e. The van der Waals surface area contributed by atoms with Crippen molar-refractivity contribution in [2.75, 3.05) is 0 Å². The van der Waals surface area contributed by atoms with Crippen molar-refractivity contribution in [3.8, 4) is 0 Å². The van der Waals surface area contributed by atoms with Crippen LogP contribution in [0.3, 0.4) is 0 Å². The third kappa shape index (κ3) is 2.13. The second kappa shape index (κ2) is 4.86. The third-order valence-corrected chi connectivity index (χ3v) is 3.10. The zero-order valence-electron chi connectivity index (χ0n) is 10.5. The molecule has 2 heterocycles. The van der Waals surface area contributed by atoms with Crippen molar-refractivity contribution in [3.05, 3.63) is 47.8 Å². The number of aliphatic hydroxyl groups is 1. The molecule has 0 aliphatic heterocycles. The monoisotopic (exact) mass is 249 g/mol. The highest BCUT2D eigenvalue weighted by molar-refractivity contribution is 5.28. The van der Waals surface area contributed by atoms with Crippen molar-refractivity contribution in [2.24, 2.45) is 0 Å². The number of aromatic nitrogens is 3. The molecule has 1 unspecified atom stereocenters. The van der Waals surface area contributed by atoms with Crippen LogP contribution in [-0.4, -0.2) is 19.9 Å². The second-order valence-corrected chi connectivity index (χ2v) is 4.16. The Labute approximate surface area is 105 Å². The summed E-state index contributed by atoms with van der Waals surface area (Å²) < 4.78 is 14.6. The summed E-state index contributed by atoms with van der Waals surface area (Å²) in [6.45, 7) is 4.56. The van der Waals surface area contributed by atoms with Gasteiger partial charge in [-0.25, -0.2) is 4.39 Å². The molecule has 18 heavy (non-hydrogen) atoms. The van der Waals surface area contributed by atoms with Gasteiger partial charge < -0.3 is 5.11 Å². The van der Waals surface area contributed by atoms with Gasteiger partial charge in [0, 0.05) is 18.3 Å². The maximum atomic E-state index is 12.9. The molecule has 2 rings (SSSR count). The van der Waals surface area contributed by atoms with E-state index in [0.717, 1.165) is 12.7 Å². The molecule has 0 aromatic carbocycles. The van der Waals surface area contributed by atoms with E-state index in [9.17, 15) is 9.50 Å². The molecule has 0 fully saturated rings. The van der Waals surface area contributed by atoms with Crippen LogP contribution in [0.4, 0.5) is 4.39 Å². The zero-order valence-corrected chi connectivity index (χ0v) is 10.5. The molecule has 1 atom stereocenters. The number of pyridine rings is 1. The normalized spacial score (nSPS) is 14.4. The highest BCUT2D eigenvalue weighted by Crippen LogP contribution is 2.31. The van der Waals surface area contributed by atoms with Gasteiger partial charge in [-0.3, -0.25) is 9.67 Å². The SMILES string of the molecule is CCn1cc(C(O)(CC)c2ccc(F)cn2)cn1. The van der Waals surface area contributed by atoms with E-state index in [4.69, 9.17) is 0 Å². The zero-order chi connectivity index (χ0) is 13.2. The van der Waals surface area contributed by atoms with Crippen molar-refractivity contribution in [3.63, 3.8) is 0 Å². The summed E-state index contributed by atoms with van der Waals surface area (Å²) in [6.07, 6.45) is 4.97. The molecule has 0 bridgehead atoms. The van der Waals surface area contributed by atoms with Gasteiger partial charge in [0.25, 0.3) is 0 Å². The van der Waals surface area contributed by atoms with Crippen molar-refractivity contribution < 1.29 is 9.50 Å². The predicted octanol–water partition coefficient (Wildman–Crippen LogP) is 2.08. The van der Waals surface area contributed by atoms with Crippen LogP contribution in [0, 0.1) is 5.82 Å². The Kier molecular flexibility index (Phi) is 3.43. The minimum atomic E-state index is -1.22. The van der Waals surface area contributed by atoms with Crippen molar-refractivity contribution >= 4 is 0 Å². The molecule has 5 heteroatoms. The van der Waals surface area contributed by atoms with E-state index in [1.165, 1.54) is 12.1 Å². The highest BCUT2D eigenvalue weighted by Gasteiger charge is 2.32. The molecule has 0 spiro atoms. The molecule has 0 aliphatic rings. The fraction of sp³-hybridized carbons (Fsp3) is 0.385. The van der Waals surface area contributed by atoms with Gasteiger partial charge in [0.15, 0.2) is 0 Å². The number of hydrogen-bond acceptors (Lipinski definition) is 3. The number of rotatable bonds is 4. The topological polar surface area (TPSA) is 50.9 Å². The summed E-state index contributed by atoms with van der Waals surface area (Å²) in [4.78, 5) is 3.97. The van der Waals surface area contributed by atoms with Gasteiger partial charge in [0.1, 0.15) is 11.4 Å². The van der Waals surface area contributed by atoms with E-state index < -0.39 is 11.4 Å². The molecule has 96 valence electrons. The second-order valence-electron chi connectivity index (χ2n) is 4.16. The third-order valence-electron chi connectivity index (χ3n) is 3.10. The summed E-state index contributed by atoms with van der Waals surface area (Å²) in [5, 5.41) is 14.9. The molecular weight excluding hydrogens is 233 g/mol. The predicted molar refractivity (Wildman–Crippen MR) is 65.4 cm³/mol. The lowest BCUT2D eigenvalue weighted by atomic mass is 9.90. The number of halogens is 1. The molecule has 0 radical (unpaired) electrons. The molecular formula is C13H16FN3O. The Hall–Kier alpha value is -1.75. The average molecular weight is 249 g/mol. The quantitative estimate of drug-likeness (QED) is 0.902. The van der Waals surface area contributed by atoms with Crippen LogP contribution in [0.1, 0.15) is 31.5 Å². The van der Waals surface area contributed by atoms with E-state index >= 15 is 0 Å². The van der Waals surface area contributed by atoms with Gasteiger partial charge in [-0.15, -0.1) is 0 Å². The van der Waals surface area contributed by atoms with Crippen LogP contribution in [0.25, 0.3) is 0 Å². The van der Waals surface area contributed by atoms with Crippen molar-refractivity contribution in [2.45, 2.75) is 32.4 Å². The molecule has 1 N–H and O–H groups in total. The van der Waals surface area contributed by atoms with Crippen LogP contribution in [-0.2, 0) is 12.1 Å². The van der Waals surface area contributed by atoms with Gasteiger partial charge in [-0.1, -0.05) is 6.92 Å². The van der Waals surface area contributed by atoms with E-state index in [1.54, 1.807) is 17.1 Å². The maximum Gasteiger partial charge on any atom is 0.141 e. The van der Waals surface area contributed by atoms with Crippen LogP contribution >= 0.6 is 0 Å². The molecule has 2 aromatic rings. The van der Waals surface area contributed by atoms with Crippen LogP contribution < -0.4 is 0 Å². The van der Waals surface area contributed by atoms with Crippen molar-refractivity contribution in [1.82, 2.24) is 14.8 Å². The van der Waals surface area contributed by atoms with Gasteiger partial charge in [0.2, 0.25) is 0 Å². The van der Waals surface area contributed by atoms with Gasteiger partial charge in [-0.05, 0) is 25.5 Å². The van der Waals surface area contributed by atoms with Crippen LogP contribution in [0.5, 0.6) is 0 Å². The maximum absolute atomic E-state index is 12.9. The molecule has 0 saturated carbocycles. The summed E-state index contributed by atoms with van der Waals surface area (Å²) in [7, 11) is 0. The van der Waals surface area contributed by atoms with Gasteiger partial charge in [0.05, 0.1) is 18.1 Å². The van der Waals surface area contributed by atoms with Gasteiger partial charge >= 0.3 is 0 Å². The minimum absolute atomic E-state index is 0.415.